The number of rotatable bonds is 4. The van der Waals surface area contributed by atoms with Gasteiger partial charge in [-0.05, 0) is 31.2 Å². The highest BCUT2D eigenvalue weighted by atomic mass is 32.1. The number of hydrogen-bond donors (Lipinski definition) is 1. The van der Waals surface area contributed by atoms with Gasteiger partial charge in [-0.3, -0.25) is 0 Å². The van der Waals surface area contributed by atoms with Crippen molar-refractivity contribution in [2.45, 2.75) is 13.0 Å². The summed E-state index contributed by atoms with van der Waals surface area (Å²) in [7, 11) is 1.37. The fourth-order valence-electron chi connectivity index (χ4n) is 1.58. The average molecular weight is 262 g/mol. The Kier molecular flexibility index (Phi) is 3.94. The lowest BCUT2D eigenvalue weighted by Crippen LogP contribution is -2.07. The van der Waals surface area contributed by atoms with Crippen LogP contribution >= 0.6 is 11.3 Å². The largest absolute Gasteiger partial charge is 0.465 e. The molecule has 94 valence electrons. The molecule has 1 unspecified atom stereocenters. The van der Waals surface area contributed by atoms with Gasteiger partial charge in [0.05, 0.1) is 29.9 Å². The predicted octanol–water partition coefficient (Wildman–Crippen LogP) is 3.10. The Balaban J connectivity index is 2.04. The standard InChI is InChI=1S/C13H14N2O2S/c1-9(12-7-18-8-14-12)15-11-5-3-10(4-6-11)13(16)17-2/h3-9,15H,1-2H3. The first kappa shape index (κ1) is 12.6. The summed E-state index contributed by atoms with van der Waals surface area (Å²) in [4.78, 5) is 15.5. The molecular formula is C13H14N2O2S. The van der Waals surface area contributed by atoms with E-state index in [1.807, 2.05) is 29.9 Å². The van der Waals surface area contributed by atoms with Crippen molar-refractivity contribution in [2.24, 2.45) is 0 Å². The lowest BCUT2D eigenvalue weighted by Gasteiger charge is -2.13. The third kappa shape index (κ3) is 2.87. The van der Waals surface area contributed by atoms with Crippen molar-refractivity contribution in [1.29, 1.82) is 0 Å². The number of ether oxygens (including phenoxy) is 1. The zero-order chi connectivity index (χ0) is 13.0. The van der Waals surface area contributed by atoms with Crippen molar-refractivity contribution in [1.82, 2.24) is 4.98 Å². The van der Waals surface area contributed by atoms with E-state index in [-0.39, 0.29) is 12.0 Å². The predicted molar refractivity (Wildman–Crippen MR) is 71.9 cm³/mol. The number of esters is 1. The number of anilines is 1. The third-order valence-corrected chi connectivity index (χ3v) is 3.19. The van der Waals surface area contributed by atoms with Crippen molar-refractivity contribution in [2.75, 3.05) is 12.4 Å². The van der Waals surface area contributed by atoms with E-state index in [4.69, 9.17) is 0 Å². The van der Waals surface area contributed by atoms with Gasteiger partial charge < -0.3 is 10.1 Å². The van der Waals surface area contributed by atoms with Crippen molar-refractivity contribution in [3.8, 4) is 0 Å². The number of nitrogens with zero attached hydrogens (tertiary/aromatic N) is 1. The van der Waals surface area contributed by atoms with Crippen LogP contribution in [0.1, 0.15) is 29.0 Å². The van der Waals surface area contributed by atoms with Crippen molar-refractivity contribution in [3.63, 3.8) is 0 Å². The number of nitrogens with one attached hydrogen (secondary N) is 1. The van der Waals surface area contributed by atoms with E-state index >= 15 is 0 Å². The Morgan fingerprint density at radius 3 is 2.67 bits per heavy atom. The highest BCUT2D eigenvalue weighted by Gasteiger charge is 2.08. The van der Waals surface area contributed by atoms with Crippen LogP contribution < -0.4 is 5.32 Å². The zero-order valence-corrected chi connectivity index (χ0v) is 11.0. The molecule has 5 heteroatoms. The number of carbonyl (C=O) groups is 1. The molecule has 4 nitrogen and oxygen atoms in total. The second-order valence-electron chi connectivity index (χ2n) is 3.85. The molecular weight excluding hydrogens is 248 g/mol. The first-order chi connectivity index (χ1) is 8.70. The Hall–Kier alpha value is -1.88. The van der Waals surface area contributed by atoms with Crippen LogP contribution in [0.15, 0.2) is 35.2 Å². The van der Waals surface area contributed by atoms with E-state index < -0.39 is 0 Å². The molecule has 0 aliphatic heterocycles. The normalized spacial score (nSPS) is 11.9. The number of methoxy groups -OCH3 is 1. The van der Waals surface area contributed by atoms with Crippen LogP contribution in [0.3, 0.4) is 0 Å². The van der Waals surface area contributed by atoms with Crippen LogP contribution in [-0.2, 0) is 4.74 Å². The maximum atomic E-state index is 11.3. The molecule has 0 aliphatic rings. The minimum atomic E-state index is -0.325. The molecule has 0 aliphatic carbocycles. The molecule has 18 heavy (non-hydrogen) atoms. The molecule has 1 heterocycles. The summed E-state index contributed by atoms with van der Waals surface area (Å²) in [6, 6.07) is 7.33. The molecule has 2 aromatic rings. The average Bonchev–Trinajstić information content (AvgIpc) is 2.92. The topological polar surface area (TPSA) is 51.2 Å². The van der Waals surface area contributed by atoms with Gasteiger partial charge in [-0.15, -0.1) is 11.3 Å². The van der Waals surface area contributed by atoms with Crippen LogP contribution in [-0.4, -0.2) is 18.1 Å². The summed E-state index contributed by atoms with van der Waals surface area (Å²) < 4.78 is 4.65. The zero-order valence-electron chi connectivity index (χ0n) is 10.2. The molecule has 0 saturated heterocycles. The molecule has 1 aromatic carbocycles. The maximum absolute atomic E-state index is 11.3. The van der Waals surface area contributed by atoms with Gasteiger partial charge in [-0.25, -0.2) is 9.78 Å². The van der Waals surface area contributed by atoms with Crippen molar-refractivity contribution >= 4 is 23.0 Å². The monoisotopic (exact) mass is 262 g/mol. The Morgan fingerprint density at radius 2 is 2.11 bits per heavy atom. The second-order valence-corrected chi connectivity index (χ2v) is 4.57. The summed E-state index contributed by atoms with van der Waals surface area (Å²) >= 11 is 1.58. The van der Waals surface area contributed by atoms with E-state index in [1.54, 1.807) is 23.5 Å². The number of thiazole rings is 1. The van der Waals surface area contributed by atoms with E-state index in [0.29, 0.717) is 5.56 Å². The number of benzene rings is 1. The van der Waals surface area contributed by atoms with E-state index in [2.05, 4.69) is 15.0 Å². The van der Waals surface area contributed by atoms with Crippen LogP contribution in [0.25, 0.3) is 0 Å². The molecule has 0 spiro atoms. The van der Waals surface area contributed by atoms with E-state index in [0.717, 1.165) is 11.4 Å². The number of carbonyl (C=O) groups excluding carboxylic acids is 1. The summed E-state index contributed by atoms with van der Waals surface area (Å²) in [5, 5.41) is 5.33. The second kappa shape index (κ2) is 5.64. The Bertz CT molecular complexity index is 508. The van der Waals surface area contributed by atoms with Gasteiger partial charge in [-0.2, -0.15) is 0 Å². The summed E-state index contributed by atoms with van der Waals surface area (Å²) in [6.07, 6.45) is 0. The van der Waals surface area contributed by atoms with Gasteiger partial charge in [0.15, 0.2) is 0 Å². The van der Waals surface area contributed by atoms with Crippen molar-refractivity contribution in [3.05, 3.63) is 46.4 Å². The first-order valence-electron chi connectivity index (χ1n) is 5.53. The van der Waals surface area contributed by atoms with Gasteiger partial charge >= 0.3 is 5.97 Å². The lowest BCUT2D eigenvalue weighted by atomic mass is 10.2. The minimum Gasteiger partial charge on any atom is -0.465 e. The lowest BCUT2D eigenvalue weighted by molar-refractivity contribution is 0.0601. The molecule has 0 fully saturated rings. The summed E-state index contributed by atoms with van der Waals surface area (Å²) in [5.74, 6) is -0.325. The summed E-state index contributed by atoms with van der Waals surface area (Å²) in [6.45, 7) is 2.04. The van der Waals surface area contributed by atoms with E-state index in [9.17, 15) is 4.79 Å². The van der Waals surface area contributed by atoms with Gasteiger partial charge in [-0.1, -0.05) is 0 Å². The fourth-order valence-corrected chi connectivity index (χ4v) is 2.23. The van der Waals surface area contributed by atoms with Crippen molar-refractivity contribution < 1.29 is 9.53 Å². The smallest absolute Gasteiger partial charge is 0.337 e. The van der Waals surface area contributed by atoms with Crippen LogP contribution in [0.4, 0.5) is 5.69 Å². The van der Waals surface area contributed by atoms with Gasteiger partial charge in [0, 0.05) is 11.1 Å². The quantitative estimate of drug-likeness (QED) is 0.860. The van der Waals surface area contributed by atoms with Crippen LogP contribution in [0, 0.1) is 0 Å². The highest BCUT2D eigenvalue weighted by molar-refractivity contribution is 7.07. The molecule has 0 saturated carbocycles. The van der Waals surface area contributed by atoms with Gasteiger partial charge in [0.1, 0.15) is 0 Å². The van der Waals surface area contributed by atoms with Gasteiger partial charge in [0.25, 0.3) is 0 Å². The Labute approximate surface area is 110 Å². The molecule has 1 N–H and O–H groups in total. The molecule has 2 rings (SSSR count). The fraction of sp³-hybridized carbons (Fsp3) is 0.231. The van der Waals surface area contributed by atoms with Crippen LogP contribution in [0.2, 0.25) is 0 Å². The highest BCUT2D eigenvalue weighted by Crippen LogP contribution is 2.19. The van der Waals surface area contributed by atoms with E-state index in [1.165, 1.54) is 7.11 Å². The third-order valence-electron chi connectivity index (χ3n) is 2.58. The summed E-state index contributed by atoms with van der Waals surface area (Å²) in [5.41, 5.74) is 4.32. The molecule has 0 radical (unpaired) electrons. The first-order valence-corrected chi connectivity index (χ1v) is 6.48. The molecule has 1 atom stereocenters. The number of aromatic nitrogens is 1. The number of hydrogen-bond acceptors (Lipinski definition) is 5. The molecule has 0 bridgehead atoms. The maximum Gasteiger partial charge on any atom is 0.337 e. The molecule has 1 aromatic heterocycles. The SMILES string of the molecule is COC(=O)c1ccc(NC(C)c2cscn2)cc1. The minimum absolute atomic E-state index is 0.139. The van der Waals surface area contributed by atoms with Gasteiger partial charge in [0.2, 0.25) is 0 Å². The Morgan fingerprint density at radius 1 is 1.39 bits per heavy atom. The van der Waals surface area contributed by atoms with Crippen LogP contribution in [0.5, 0.6) is 0 Å². The molecule has 0 amide bonds.